The quantitative estimate of drug-likeness (QED) is 0.716. The molecule has 2 aromatic rings. The van der Waals surface area contributed by atoms with Gasteiger partial charge in [0.15, 0.2) is 0 Å². The molecule has 0 aliphatic carbocycles. The molecule has 0 aliphatic heterocycles. The highest BCUT2D eigenvalue weighted by atomic mass is 32.2. The monoisotopic (exact) mass is 400 g/mol. The summed E-state index contributed by atoms with van der Waals surface area (Å²) in [6, 6.07) is 12.5. The zero-order valence-electron chi connectivity index (χ0n) is 14.3. The number of hydrogen-bond acceptors (Lipinski definition) is 3. The van der Waals surface area contributed by atoms with Gasteiger partial charge in [-0.2, -0.15) is 13.2 Å². The number of nitrogens with one attached hydrogen (secondary N) is 2. The fourth-order valence-corrected chi connectivity index (χ4v) is 3.33. The summed E-state index contributed by atoms with van der Waals surface area (Å²) in [5.74, 6) is -0.349. The van der Waals surface area contributed by atoms with E-state index in [4.69, 9.17) is 0 Å². The smallest absolute Gasteiger partial charge is 0.356 e. The molecule has 0 saturated heterocycles. The van der Waals surface area contributed by atoms with E-state index in [1.165, 1.54) is 24.3 Å². The van der Waals surface area contributed by atoms with Crippen LogP contribution in [0, 0.1) is 0 Å². The molecule has 0 aromatic heterocycles. The van der Waals surface area contributed by atoms with Crippen LogP contribution in [0.4, 0.5) is 13.2 Å². The van der Waals surface area contributed by atoms with Crippen molar-refractivity contribution >= 4 is 15.9 Å². The second-order valence-electron chi connectivity index (χ2n) is 5.76. The molecule has 2 rings (SSSR count). The summed E-state index contributed by atoms with van der Waals surface area (Å²) in [6.07, 6.45) is -4.04. The topological polar surface area (TPSA) is 75.3 Å². The Labute approximate surface area is 155 Å². The van der Waals surface area contributed by atoms with Gasteiger partial charge in [-0.3, -0.25) is 4.79 Å². The van der Waals surface area contributed by atoms with Crippen molar-refractivity contribution in [1.29, 1.82) is 0 Å². The van der Waals surface area contributed by atoms with E-state index in [0.29, 0.717) is 12.0 Å². The zero-order chi connectivity index (χ0) is 19.9. The first-order valence-corrected chi connectivity index (χ1v) is 9.64. The molecule has 0 heterocycles. The van der Waals surface area contributed by atoms with E-state index in [-0.39, 0.29) is 30.3 Å². The van der Waals surface area contributed by atoms with Gasteiger partial charge in [0.2, 0.25) is 15.9 Å². The summed E-state index contributed by atoms with van der Waals surface area (Å²) >= 11 is 0. The highest BCUT2D eigenvalue weighted by molar-refractivity contribution is 7.89. The second kappa shape index (κ2) is 9.01. The van der Waals surface area contributed by atoms with Gasteiger partial charge in [0, 0.05) is 19.5 Å². The minimum Gasteiger partial charge on any atom is -0.356 e. The first-order valence-electron chi connectivity index (χ1n) is 8.16. The van der Waals surface area contributed by atoms with Crippen molar-refractivity contribution in [1.82, 2.24) is 10.0 Å². The van der Waals surface area contributed by atoms with Gasteiger partial charge in [0.05, 0.1) is 10.5 Å². The number of sulfonamides is 1. The van der Waals surface area contributed by atoms with Gasteiger partial charge in [-0.25, -0.2) is 13.1 Å². The number of rotatable bonds is 8. The normalized spacial score (nSPS) is 12.0. The number of carbonyl (C=O) groups is 1. The highest BCUT2D eigenvalue weighted by Crippen LogP contribution is 2.29. The van der Waals surface area contributed by atoms with Crippen LogP contribution < -0.4 is 10.0 Å². The number of carbonyl (C=O) groups excluding carboxylic acids is 1. The van der Waals surface area contributed by atoms with Crippen molar-refractivity contribution in [3.63, 3.8) is 0 Å². The third kappa shape index (κ3) is 6.69. The van der Waals surface area contributed by atoms with Crippen LogP contribution in [0.1, 0.15) is 17.5 Å². The molecule has 9 heteroatoms. The Balaban J connectivity index is 1.71. The van der Waals surface area contributed by atoms with E-state index in [2.05, 4.69) is 10.0 Å². The summed E-state index contributed by atoms with van der Waals surface area (Å²) < 4.78 is 63.8. The van der Waals surface area contributed by atoms with Crippen molar-refractivity contribution in [3.05, 3.63) is 65.7 Å². The largest absolute Gasteiger partial charge is 0.416 e. The average molecular weight is 400 g/mol. The second-order valence-corrected chi connectivity index (χ2v) is 7.52. The van der Waals surface area contributed by atoms with Crippen LogP contribution in [0.25, 0.3) is 0 Å². The fourth-order valence-electron chi connectivity index (χ4n) is 2.28. The molecular weight excluding hydrogens is 381 g/mol. The maximum Gasteiger partial charge on any atom is 0.416 e. The minimum atomic E-state index is -4.38. The molecule has 5 nitrogen and oxygen atoms in total. The van der Waals surface area contributed by atoms with Crippen molar-refractivity contribution in [2.24, 2.45) is 0 Å². The maximum absolute atomic E-state index is 12.5. The molecule has 0 fully saturated rings. The van der Waals surface area contributed by atoms with E-state index < -0.39 is 21.8 Å². The van der Waals surface area contributed by atoms with Crippen LogP contribution >= 0.6 is 0 Å². The SMILES string of the molecule is O=C(CCNS(=O)(=O)c1ccccc1)NCCc1ccc(C(F)(F)F)cc1. The van der Waals surface area contributed by atoms with Crippen molar-refractivity contribution in [2.75, 3.05) is 13.1 Å². The number of benzene rings is 2. The lowest BCUT2D eigenvalue weighted by atomic mass is 10.1. The van der Waals surface area contributed by atoms with Crippen LogP contribution in [0.2, 0.25) is 0 Å². The number of amides is 1. The Morgan fingerprint density at radius 3 is 2.15 bits per heavy atom. The molecule has 0 radical (unpaired) electrons. The predicted molar refractivity (Wildman–Crippen MR) is 94.4 cm³/mol. The molecule has 2 N–H and O–H groups in total. The lowest BCUT2D eigenvalue weighted by Crippen LogP contribution is -2.31. The molecule has 1 amide bonds. The lowest BCUT2D eigenvalue weighted by Gasteiger charge is -2.09. The van der Waals surface area contributed by atoms with E-state index in [1.807, 2.05) is 0 Å². The number of hydrogen-bond donors (Lipinski definition) is 2. The Morgan fingerprint density at radius 1 is 0.926 bits per heavy atom. The number of alkyl halides is 3. The fraction of sp³-hybridized carbons (Fsp3) is 0.278. The maximum atomic E-state index is 12.5. The molecule has 0 unspecified atom stereocenters. The lowest BCUT2D eigenvalue weighted by molar-refractivity contribution is -0.137. The zero-order valence-corrected chi connectivity index (χ0v) is 15.1. The molecule has 0 saturated carbocycles. The van der Waals surface area contributed by atoms with Crippen LogP contribution in [0.15, 0.2) is 59.5 Å². The molecule has 27 heavy (non-hydrogen) atoms. The van der Waals surface area contributed by atoms with Gasteiger partial charge >= 0.3 is 6.18 Å². The summed E-state index contributed by atoms with van der Waals surface area (Å²) in [5, 5.41) is 2.61. The van der Waals surface area contributed by atoms with Crippen molar-refractivity contribution < 1.29 is 26.4 Å². The van der Waals surface area contributed by atoms with Gasteiger partial charge < -0.3 is 5.32 Å². The summed E-state index contributed by atoms with van der Waals surface area (Å²) in [6.45, 7) is 0.193. The Kier molecular flexibility index (Phi) is 6.98. The van der Waals surface area contributed by atoms with E-state index >= 15 is 0 Å². The van der Waals surface area contributed by atoms with Crippen LogP contribution in [-0.4, -0.2) is 27.4 Å². The average Bonchev–Trinajstić information content (AvgIpc) is 2.62. The van der Waals surface area contributed by atoms with E-state index in [0.717, 1.165) is 12.1 Å². The first kappa shape index (κ1) is 20.9. The molecule has 2 aromatic carbocycles. The molecule has 0 aliphatic rings. The summed E-state index contributed by atoms with van der Waals surface area (Å²) in [4.78, 5) is 11.9. The Hall–Kier alpha value is -2.39. The van der Waals surface area contributed by atoms with E-state index in [9.17, 15) is 26.4 Å². The number of halogens is 3. The third-order valence-electron chi connectivity index (χ3n) is 3.71. The third-order valence-corrected chi connectivity index (χ3v) is 5.19. The molecular formula is C18H19F3N2O3S. The van der Waals surface area contributed by atoms with Crippen LogP contribution in [-0.2, 0) is 27.4 Å². The van der Waals surface area contributed by atoms with Crippen LogP contribution in [0.5, 0.6) is 0 Å². The van der Waals surface area contributed by atoms with Crippen molar-refractivity contribution in [2.45, 2.75) is 23.9 Å². The molecule has 146 valence electrons. The highest BCUT2D eigenvalue weighted by Gasteiger charge is 2.29. The van der Waals surface area contributed by atoms with Gasteiger partial charge in [0.25, 0.3) is 0 Å². The van der Waals surface area contributed by atoms with Gasteiger partial charge in [-0.05, 0) is 36.2 Å². The minimum absolute atomic E-state index is 0.0426. The van der Waals surface area contributed by atoms with Gasteiger partial charge in [-0.1, -0.05) is 30.3 Å². The van der Waals surface area contributed by atoms with E-state index in [1.54, 1.807) is 18.2 Å². The van der Waals surface area contributed by atoms with Gasteiger partial charge in [0.1, 0.15) is 0 Å². The first-order chi connectivity index (χ1) is 12.7. The summed E-state index contributed by atoms with van der Waals surface area (Å²) in [7, 11) is -3.66. The molecule has 0 spiro atoms. The Morgan fingerprint density at radius 2 is 1.56 bits per heavy atom. The standard InChI is InChI=1S/C18H19F3N2O3S/c19-18(20,21)15-8-6-14(7-9-15)10-12-22-17(24)11-13-23-27(25,26)16-4-2-1-3-5-16/h1-9,23H,10-13H2,(H,22,24). The predicted octanol–water partition coefficient (Wildman–Crippen LogP) is 2.73. The summed E-state index contributed by atoms with van der Waals surface area (Å²) in [5.41, 5.74) is -0.0611. The molecule has 0 atom stereocenters. The van der Waals surface area contributed by atoms with Gasteiger partial charge in [-0.15, -0.1) is 0 Å². The van der Waals surface area contributed by atoms with Crippen LogP contribution in [0.3, 0.4) is 0 Å². The van der Waals surface area contributed by atoms with Crippen molar-refractivity contribution in [3.8, 4) is 0 Å². The molecule has 0 bridgehead atoms. The Bertz CT molecular complexity index is 852.